The van der Waals surface area contributed by atoms with Crippen molar-refractivity contribution < 1.29 is 17.9 Å². The largest absolute Gasteiger partial charge is 0.453 e. The van der Waals surface area contributed by atoms with Gasteiger partial charge >= 0.3 is 6.09 Å². The van der Waals surface area contributed by atoms with E-state index in [-0.39, 0.29) is 4.90 Å². The minimum absolute atomic E-state index is 0.171. The molecule has 0 saturated heterocycles. The van der Waals surface area contributed by atoms with Gasteiger partial charge in [-0.25, -0.2) is 13.2 Å². The maximum atomic E-state index is 12.3. The Labute approximate surface area is 129 Å². The first-order chi connectivity index (χ1) is 10.4. The van der Waals surface area contributed by atoms with Crippen molar-refractivity contribution in [2.75, 3.05) is 17.1 Å². The van der Waals surface area contributed by atoms with Crippen LogP contribution in [0.1, 0.15) is 5.56 Å². The summed E-state index contributed by atoms with van der Waals surface area (Å²) in [6.07, 6.45) is -0.626. The Balaban J connectivity index is 2.21. The second-order valence-corrected chi connectivity index (χ2v) is 6.30. The van der Waals surface area contributed by atoms with Crippen molar-refractivity contribution in [3.8, 4) is 0 Å². The molecule has 0 atom stereocenters. The maximum Gasteiger partial charge on any atom is 0.411 e. The zero-order chi connectivity index (χ0) is 16.2. The molecule has 116 valence electrons. The lowest BCUT2D eigenvalue weighted by atomic mass is 10.2. The van der Waals surface area contributed by atoms with Crippen LogP contribution in [0.4, 0.5) is 16.2 Å². The summed E-state index contributed by atoms with van der Waals surface area (Å²) in [5.74, 6) is 0. The van der Waals surface area contributed by atoms with Crippen LogP contribution >= 0.6 is 0 Å². The van der Waals surface area contributed by atoms with Gasteiger partial charge in [0.2, 0.25) is 0 Å². The Morgan fingerprint density at radius 1 is 1.05 bits per heavy atom. The van der Waals surface area contributed by atoms with Gasteiger partial charge in [0, 0.05) is 5.69 Å². The average Bonchev–Trinajstić information content (AvgIpc) is 2.47. The monoisotopic (exact) mass is 320 g/mol. The van der Waals surface area contributed by atoms with Crippen LogP contribution in [0.15, 0.2) is 53.4 Å². The number of carbonyl (C=O) groups excluding carboxylic acids is 1. The molecular formula is C15H16N2O4S. The van der Waals surface area contributed by atoms with Gasteiger partial charge in [0.1, 0.15) is 0 Å². The van der Waals surface area contributed by atoms with Crippen molar-refractivity contribution in [3.05, 3.63) is 54.1 Å². The smallest absolute Gasteiger partial charge is 0.411 e. The Morgan fingerprint density at radius 3 is 2.32 bits per heavy atom. The van der Waals surface area contributed by atoms with Crippen molar-refractivity contribution >= 4 is 27.5 Å². The van der Waals surface area contributed by atoms with Gasteiger partial charge in [0.15, 0.2) is 0 Å². The molecule has 0 radical (unpaired) electrons. The molecule has 0 saturated carbocycles. The van der Waals surface area contributed by atoms with Crippen molar-refractivity contribution in [3.63, 3.8) is 0 Å². The van der Waals surface area contributed by atoms with Crippen molar-refractivity contribution in [1.29, 1.82) is 0 Å². The van der Waals surface area contributed by atoms with E-state index in [9.17, 15) is 13.2 Å². The van der Waals surface area contributed by atoms with Crippen LogP contribution in [0.3, 0.4) is 0 Å². The zero-order valence-corrected chi connectivity index (χ0v) is 13.0. The van der Waals surface area contributed by atoms with E-state index < -0.39 is 16.1 Å². The summed E-state index contributed by atoms with van der Waals surface area (Å²) in [4.78, 5) is 11.3. The summed E-state index contributed by atoms with van der Waals surface area (Å²) >= 11 is 0. The van der Waals surface area contributed by atoms with Gasteiger partial charge in [-0.05, 0) is 37.3 Å². The highest BCUT2D eigenvalue weighted by Gasteiger charge is 2.14. The van der Waals surface area contributed by atoms with E-state index in [0.717, 1.165) is 5.56 Å². The lowest BCUT2D eigenvalue weighted by molar-refractivity contribution is 0.187. The van der Waals surface area contributed by atoms with Crippen molar-refractivity contribution in [1.82, 2.24) is 0 Å². The fourth-order valence-corrected chi connectivity index (χ4v) is 2.81. The van der Waals surface area contributed by atoms with Crippen LogP contribution in [0.25, 0.3) is 0 Å². The van der Waals surface area contributed by atoms with E-state index in [1.807, 2.05) is 6.92 Å². The van der Waals surface area contributed by atoms with Gasteiger partial charge in [-0.3, -0.25) is 10.0 Å². The molecule has 0 fully saturated rings. The molecule has 0 aromatic heterocycles. The number of carbonyl (C=O) groups is 1. The number of benzene rings is 2. The summed E-state index contributed by atoms with van der Waals surface area (Å²) in [7, 11) is -2.43. The number of amides is 1. The lowest BCUT2D eigenvalue weighted by Crippen LogP contribution is -2.14. The normalized spacial score (nSPS) is 10.8. The Bertz CT molecular complexity index is 770. The lowest BCUT2D eigenvalue weighted by Gasteiger charge is -2.10. The molecule has 0 aliphatic heterocycles. The standard InChI is InChI=1S/C15H16N2O4S/c1-11-6-8-14(9-7-11)22(19,20)17-13-5-3-4-12(10-13)16-15(18)21-2/h3-10,17H,1-2H3,(H,16,18). The highest BCUT2D eigenvalue weighted by molar-refractivity contribution is 7.92. The number of hydrogen-bond acceptors (Lipinski definition) is 4. The van der Waals surface area contributed by atoms with E-state index in [4.69, 9.17) is 0 Å². The molecule has 6 nitrogen and oxygen atoms in total. The van der Waals surface area contributed by atoms with Gasteiger partial charge in [-0.1, -0.05) is 23.8 Å². The minimum Gasteiger partial charge on any atom is -0.453 e. The van der Waals surface area contributed by atoms with Crippen molar-refractivity contribution in [2.24, 2.45) is 0 Å². The molecule has 0 unspecified atom stereocenters. The van der Waals surface area contributed by atoms with E-state index in [0.29, 0.717) is 11.4 Å². The Morgan fingerprint density at radius 2 is 1.68 bits per heavy atom. The quantitative estimate of drug-likeness (QED) is 0.907. The molecule has 22 heavy (non-hydrogen) atoms. The highest BCUT2D eigenvalue weighted by atomic mass is 32.2. The number of ether oxygens (including phenoxy) is 1. The van der Waals surface area contributed by atoms with E-state index in [2.05, 4.69) is 14.8 Å². The van der Waals surface area contributed by atoms with Crippen LogP contribution in [0.5, 0.6) is 0 Å². The third-order valence-electron chi connectivity index (χ3n) is 2.88. The number of rotatable bonds is 4. The highest BCUT2D eigenvalue weighted by Crippen LogP contribution is 2.20. The molecule has 2 aromatic rings. The van der Waals surface area contributed by atoms with E-state index in [1.54, 1.807) is 30.3 Å². The first kappa shape index (κ1) is 15.8. The molecule has 0 spiro atoms. The van der Waals surface area contributed by atoms with E-state index >= 15 is 0 Å². The first-order valence-electron chi connectivity index (χ1n) is 6.45. The van der Waals surface area contributed by atoms with Crippen LogP contribution < -0.4 is 10.0 Å². The van der Waals surface area contributed by atoms with Gasteiger partial charge in [-0.2, -0.15) is 0 Å². The van der Waals surface area contributed by atoms with Gasteiger partial charge in [0.25, 0.3) is 10.0 Å². The first-order valence-corrected chi connectivity index (χ1v) is 7.93. The summed E-state index contributed by atoms with van der Waals surface area (Å²) in [6, 6.07) is 12.9. The van der Waals surface area contributed by atoms with Gasteiger partial charge < -0.3 is 4.74 Å². The third-order valence-corrected chi connectivity index (χ3v) is 4.28. The molecule has 0 bridgehead atoms. The molecule has 0 heterocycles. The van der Waals surface area contributed by atoms with Crippen molar-refractivity contribution in [2.45, 2.75) is 11.8 Å². The van der Waals surface area contributed by atoms with Gasteiger partial charge in [-0.15, -0.1) is 0 Å². The Hall–Kier alpha value is -2.54. The number of methoxy groups -OCH3 is 1. The summed E-state index contributed by atoms with van der Waals surface area (Å²) < 4.78 is 31.5. The van der Waals surface area contributed by atoms with E-state index in [1.165, 1.54) is 25.3 Å². The molecule has 7 heteroatoms. The third kappa shape index (κ3) is 3.98. The summed E-state index contributed by atoms with van der Waals surface area (Å²) in [5, 5.41) is 2.47. The van der Waals surface area contributed by atoms with Crippen LogP contribution in [0, 0.1) is 6.92 Å². The topological polar surface area (TPSA) is 84.5 Å². The average molecular weight is 320 g/mol. The number of hydrogen-bond donors (Lipinski definition) is 2. The van der Waals surface area contributed by atoms with Gasteiger partial charge in [0.05, 0.1) is 17.7 Å². The molecule has 2 aromatic carbocycles. The molecule has 2 rings (SSSR count). The van der Waals surface area contributed by atoms with Crippen LogP contribution in [-0.4, -0.2) is 21.6 Å². The number of nitrogens with one attached hydrogen (secondary N) is 2. The summed E-state index contributed by atoms with van der Waals surface area (Å²) in [6.45, 7) is 1.88. The molecular weight excluding hydrogens is 304 g/mol. The molecule has 1 amide bonds. The zero-order valence-electron chi connectivity index (χ0n) is 12.2. The number of anilines is 2. The predicted molar refractivity (Wildman–Crippen MR) is 84.5 cm³/mol. The number of aryl methyl sites for hydroxylation is 1. The Kier molecular flexibility index (Phi) is 4.67. The SMILES string of the molecule is COC(=O)Nc1cccc(NS(=O)(=O)c2ccc(C)cc2)c1. The molecule has 2 N–H and O–H groups in total. The fourth-order valence-electron chi connectivity index (χ4n) is 1.76. The molecule has 0 aliphatic carbocycles. The fraction of sp³-hybridized carbons (Fsp3) is 0.133. The number of sulfonamides is 1. The molecule has 0 aliphatic rings. The second-order valence-electron chi connectivity index (χ2n) is 4.62. The predicted octanol–water partition coefficient (Wildman–Crippen LogP) is 2.97. The minimum atomic E-state index is -3.67. The second kappa shape index (κ2) is 6.48. The van der Waals surface area contributed by atoms with Crippen LogP contribution in [0.2, 0.25) is 0 Å². The summed E-state index contributed by atoms with van der Waals surface area (Å²) in [5.41, 5.74) is 1.74. The van der Waals surface area contributed by atoms with Crippen LogP contribution in [-0.2, 0) is 14.8 Å². The maximum absolute atomic E-state index is 12.3.